The van der Waals surface area contributed by atoms with Crippen molar-refractivity contribution in [1.82, 2.24) is 9.80 Å². The lowest BCUT2D eigenvalue weighted by Gasteiger charge is -2.39. The van der Waals surface area contributed by atoms with Gasteiger partial charge in [0.05, 0.1) is 6.61 Å². The van der Waals surface area contributed by atoms with Crippen LogP contribution < -0.4 is 0 Å². The highest BCUT2D eigenvalue weighted by Gasteiger charge is 2.31. The fraction of sp³-hybridized carbons (Fsp3) is 1.00. The second kappa shape index (κ2) is 5.03. The molecular weight excluding hydrogens is 200 g/mol. The van der Waals surface area contributed by atoms with Gasteiger partial charge in [0.15, 0.2) is 0 Å². The van der Waals surface area contributed by atoms with Gasteiger partial charge in [0.1, 0.15) is 0 Å². The van der Waals surface area contributed by atoms with Crippen LogP contribution in [0.2, 0.25) is 0 Å². The predicted octanol–water partition coefficient (Wildman–Crippen LogP) is 1.19. The Kier molecular flexibility index (Phi) is 3.46. The normalized spacial score (nSPS) is 37.5. The molecule has 0 aliphatic carbocycles. The summed E-state index contributed by atoms with van der Waals surface area (Å²) in [6.45, 7) is 8.54. The summed E-state index contributed by atoms with van der Waals surface area (Å²) >= 11 is 0. The third-order valence-corrected chi connectivity index (χ3v) is 4.44. The molecule has 3 heterocycles. The van der Waals surface area contributed by atoms with Gasteiger partial charge in [-0.2, -0.15) is 0 Å². The van der Waals surface area contributed by atoms with Crippen molar-refractivity contribution >= 4 is 0 Å². The molecule has 3 aliphatic heterocycles. The monoisotopic (exact) mass is 224 g/mol. The molecule has 0 N–H and O–H groups in total. The van der Waals surface area contributed by atoms with Crippen molar-refractivity contribution in [2.45, 2.75) is 31.7 Å². The first-order valence-electron chi connectivity index (χ1n) is 6.96. The molecule has 3 heteroatoms. The van der Waals surface area contributed by atoms with Gasteiger partial charge in [-0.1, -0.05) is 0 Å². The van der Waals surface area contributed by atoms with Crippen LogP contribution in [0.5, 0.6) is 0 Å². The minimum Gasteiger partial charge on any atom is -0.381 e. The lowest BCUT2D eigenvalue weighted by Crippen LogP contribution is -2.51. The van der Waals surface area contributed by atoms with Crippen LogP contribution in [0.15, 0.2) is 0 Å². The number of ether oxygens (including phenoxy) is 1. The molecule has 2 unspecified atom stereocenters. The smallest absolute Gasteiger partial charge is 0.0506 e. The molecule has 2 atom stereocenters. The fourth-order valence-electron chi connectivity index (χ4n) is 3.54. The van der Waals surface area contributed by atoms with E-state index in [0.717, 1.165) is 25.2 Å². The molecule has 3 nitrogen and oxygen atoms in total. The molecule has 0 spiro atoms. The van der Waals surface area contributed by atoms with Gasteiger partial charge >= 0.3 is 0 Å². The maximum Gasteiger partial charge on any atom is 0.0506 e. The summed E-state index contributed by atoms with van der Waals surface area (Å²) in [5, 5.41) is 0. The number of hydrogen-bond acceptors (Lipinski definition) is 3. The molecule has 3 rings (SSSR count). The Morgan fingerprint density at radius 1 is 1.06 bits per heavy atom. The molecule has 92 valence electrons. The molecule has 16 heavy (non-hydrogen) atoms. The fourth-order valence-corrected chi connectivity index (χ4v) is 3.54. The first-order chi connectivity index (χ1) is 7.92. The maximum absolute atomic E-state index is 5.57. The minimum absolute atomic E-state index is 0.807. The molecule has 0 amide bonds. The summed E-state index contributed by atoms with van der Waals surface area (Å²) in [7, 11) is 0. The van der Waals surface area contributed by atoms with Crippen LogP contribution in [0, 0.1) is 5.92 Å². The molecule has 0 aromatic carbocycles. The second-order valence-electron chi connectivity index (χ2n) is 5.67. The van der Waals surface area contributed by atoms with Gasteiger partial charge in [-0.15, -0.1) is 0 Å². The van der Waals surface area contributed by atoms with Crippen LogP contribution in [0.3, 0.4) is 0 Å². The highest BCUT2D eigenvalue weighted by Crippen LogP contribution is 2.23. The zero-order valence-corrected chi connectivity index (χ0v) is 10.2. The van der Waals surface area contributed by atoms with Gasteiger partial charge in [0, 0.05) is 38.8 Å². The third-order valence-electron chi connectivity index (χ3n) is 4.44. The summed E-state index contributed by atoms with van der Waals surface area (Å²) in [6.07, 6.45) is 5.50. The first-order valence-corrected chi connectivity index (χ1v) is 6.96. The van der Waals surface area contributed by atoms with Crippen molar-refractivity contribution in [1.29, 1.82) is 0 Å². The quantitative estimate of drug-likeness (QED) is 0.701. The van der Waals surface area contributed by atoms with Gasteiger partial charge in [0.2, 0.25) is 0 Å². The van der Waals surface area contributed by atoms with Crippen LogP contribution in [-0.4, -0.2) is 61.8 Å². The largest absolute Gasteiger partial charge is 0.381 e. The number of fused-ring (bicyclic) bond motifs is 1. The zero-order valence-electron chi connectivity index (χ0n) is 10.2. The number of piperazine rings is 1. The molecule has 0 saturated carbocycles. The van der Waals surface area contributed by atoms with E-state index in [0.29, 0.717) is 0 Å². The standard InChI is InChI=1S/C13H24N2O/c1-4-13-10-14(6-7-15(13)5-1)9-12-3-2-8-16-11-12/h12-13H,1-11H2. The van der Waals surface area contributed by atoms with E-state index in [1.54, 1.807) is 0 Å². The zero-order chi connectivity index (χ0) is 10.8. The van der Waals surface area contributed by atoms with E-state index in [4.69, 9.17) is 4.74 Å². The molecule has 3 fully saturated rings. The van der Waals surface area contributed by atoms with E-state index in [2.05, 4.69) is 9.80 Å². The van der Waals surface area contributed by atoms with Crippen molar-refractivity contribution in [3.05, 3.63) is 0 Å². The van der Waals surface area contributed by atoms with Crippen LogP contribution >= 0.6 is 0 Å². The van der Waals surface area contributed by atoms with Crippen LogP contribution in [-0.2, 0) is 4.74 Å². The minimum atomic E-state index is 0.807. The van der Waals surface area contributed by atoms with E-state index >= 15 is 0 Å². The van der Waals surface area contributed by atoms with Crippen molar-refractivity contribution in [3.63, 3.8) is 0 Å². The summed E-state index contributed by atoms with van der Waals surface area (Å²) in [5.41, 5.74) is 0. The van der Waals surface area contributed by atoms with Gasteiger partial charge in [-0.3, -0.25) is 4.90 Å². The summed E-state index contributed by atoms with van der Waals surface area (Å²) in [5.74, 6) is 0.807. The van der Waals surface area contributed by atoms with Gasteiger partial charge in [-0.05, 0) is 38.1 Å². The Morgan fingerprint density at radius 3 is 2.94 bits per heavy atom. The van der Waals surface area contributed by atoms with E-state index in [9.17, 15) is 0 Å². The number of nitrogens with zero attached hydrogens (tertiary/aromatic N) is 2. The van der Waals surface area contributed by atoms with Crippen LogP contribution in [0.1, 0.15) is 25.7 Å². The average molecular weight is 224 g/mol. The molecule has 3 aliphatic rings. The van der Waals surface area contributed by atoms with E-state index in [1.807, 2.05) is 0 Å². The summed E-state index contributed by atoms with van der Waals surface area (Å²) in [4.78, 5) is 5.37. The summed E-state index contributed by atoms with van der Waals surface area (Å²) < 4.78 is 5.57. The lowest BCUT2D eigenvalue weighted by atomic mass is 10.0. The van der Waals surface area contributed by atoms with Crippen molar-refractivity contribution in [2.75, 3.05) is 45.9 Å². The Labute approximate surface area is 98.7 Å². The van der Waals surface area contributed by atoms with Crippen molar-refractivity contribution in [2.24, 2.45) is 5.92 Å². The maximum atomic E-state index is 5.57. The highest BCUT2D eigenvalue weighted by molar-refractivity contribution is 4.87. The Bertz CT molecular complexity index is 228. The molecule has 3 saturated heterocycles. The molecule has 0 radical (unpaired) electrons. The SMILES string of the molecule is C1COCC(CN2CCN3CCCC3C2)C1. The Hall–Kier alpha value is -0.120. The van der Waals surface area contributed by atoms with Crippen LogP contribution in [0.25, 0.3) is 0 Å². The summed E-state index contributed by atoms with van der Waals surface area (Å²) in [6, 6.07) is 0.873. The topological polar surface area (TPSA) is 15.7 Å². The van der Waals surface area contributed by atoms with Gasteiger partial charge < -0.3 is 9.64 Å². The third kappa shape index (κ3) is 2.41. The van der Waals surface area contributed by atoms with Crippen LogP contribution in [0.4, 0.5) is 0 Å². The molecular formula is C13H24N2O. The predicted molar refractivity (Wildman–Crippen MR) is 64.6 cm³/mol. The van der Waals surface area contributed by atoms with Crippen molar-refractivity contribution < 1.29 is 4.74 Å². The van der Waals surface area contributed by atoms with E-state index < -0.39 is 0 Å². The Balaban J connectivity index is 1.48. The van der Waals surface area contributed by atoms with E-state index in [1.165, 1.54) is 58.4 Å². The number of hydrogen-bond donors (Lipinski definition) is 0. The second-order valence-corrected chi connectivity index (χ2v) is 5.67. The molecule has 0 aromatic heterocycles. The molecule has 0 aromatic rings. The number of rotatable bonds is 2. The molecule has 0 bridgehead atoms. The Morgan fingerprint density at radius 2 is 2.06 bits per heavy atom. The highest BCUT2D eigenvalue weighted by atomic mass is 16.5. The average Bonchev–Trinajstić information content (AvgIpc) is 2.77. The van der Waals surface area contributed by atoms with E-state index in [-0.39, 0.29) is 0 Å². The van der Waals surface area contributed by atoms with Gasteiger partial charge in [-0.25, -0.2) is 0 Å². The first kappa shape index (κ1) is 11.0. The lowest BCUT2D eigenvalue weighted by molar-refractivity contribution is 0.0229. The van der Waals surface area contributed by atoms with Gasteiger partial charge in [0.25, 0.3) is 0 Å². The van der Waals surface area contributed by atoms with Crippen molar-refractivity contribution in [3.8, 4) is 0 Å².